The molecule has 2 aliphatic heterocycles. The molecule has 0 spiro atoms. The first-order valence-corrected chi connectivity index (χ1v) is 11.0. The second-order valence-electron chi connectivity index (χ2n) is 8.39. The van der Waals surface area contributed by atoms with Crippen LogP contribution in [-0.4, -0.2) is 53.3 Å². The average molecular weight is 454 g/mol. The third-order valence-corrected chi connectivity index (χ3v) is 6.43. The number of piperazine rings is 2. The number of amides is 2. The van der Waals surface area contributed by atoms with Crippen LogP contribution in [-0.2, 0) is 29.0 Å². The van der Waals surface area contributed by atoms with Crippen LogP contribution in [0.2, 0.25) is 0 Å². The molecule has 2 amide bonds. The van der Waals surface area contributed by atoms with E-state index in [1.807, 2.05) is 48.5 Å². The quantitative estimate of drug-likeness (QED) is 0.644. The van der Waals surface area contributed by atoms with E-state index in [2.05, 4.69) is 23.2 Å². The Labute approximate surface area is 194 Å². The highest BCUT2D eigenvalue weighted by Crippen LogP contribution is 2.29. The van der Waals surface area contributed by atoms with Crippen LogP contribution < -0.4 is 5.32 Å². The molecule has 2 unspecified atom stereocenters. The van der Waals surface area contributed by atoms with Crippen LogP contribution in [0.1, 0.15) is 23.8 Å². The minimum absolute atomic E-state index is 0. The Morgan fingerprint density at radius 2 is 1.78 bits per heavy atom. The van der Waals surface area contributed by atoms with Crippen molar-refractivity contribution in [3.8, 4) is 0 Å². The van der Waals surface area contributed by atoms with Gasteiger partial charge in [-0.3, -0.25) is 14.5 Å². The molecule has 2 fully saturated rings. The number of fused-ring (bicyclic) bond motifs is 2. The molecule has 5 rings (SSSR count). The standard InChI is InChI=1S/C25H27N3O3.ClH/c1-2-22-19(18-10-6-7-11-23(18)31-22)15-27-12-13-28-21(16-27)24(29)26-20(25(28)30)14-17-8-4-3-5-9-17;/h3-11,20-21H,2,12-16H2,1H3,(H,26,29);1H. The number of halogens is 1. The number of nitrogens with one attached hydrogen (secondary N) is 1. The fourth-order valence-corrected chi connectivity index (χ4v) is 4.82. The number of hydrogen-bond donors (Lipinski definition) is 1. The Balaban J connectivity index is 0.00000245. The van der Waals surface area contributed by atoms with E-state index in [-0.39, 0.29) is 24.2 Å². The van der Waals surface area contributed by atoms with Gasteiger partial charge in [0.2, 0.25) is 11.8 Å². The molecule has 0 radical (unpaired) electrons. The number of rotatable bonds is 5. The van der Waals surface area contributed by atoms with E-state index in [0.29, 0.717) is 19.5 Å². The maximum Gasteiger partial charge on any atom is 0.246 e. The van der Waals surface area contributed by atoms with Crippen molar-refractivity contribution in [2.75, 3.05) is 19.6 Å². The van der Waals surface area contributed by atoms with Crippen molar-refractivity contribution in [2.24, 2.45) is 0 Å². The molecule has 6 nitrogen and oxygen atoms in total. The minimum Gasteiger partial charge on any atom is -0.461 e. The summed E-state index contributed by atoms with van der Waals surface area (Å²) in [6.07, 6.45) is 1.35. The molecule has 2 aromatic carbocycles. The summed E-state index contributed by atoms with van der Waals surface area (Å²) in [6.45, 7) is 4.67. The normalized spacial score (nSPS) is 21.2. The van der Waals surface area contributed by atoms with Crippen LogP contribution in [0.3, 0.4) is 0 Å². The van der Waals surface area contributed by atoms with Gasteiger partial charge >= 0.3 is 0 Å². The second kappa shape index (κ2) is 9.35. The summed E-state index contributed by atoms with van der Waals surface area (Å²) in [5.41, 5.74) is 3.15. The van der Waals surface area contributed by atoms with Gasteiger partial charge in [-0.15, -0.1) is 12.4 Å². The molecule has 1 aromatic heterocycles. The zero-order valence-corrected chi connectivity index (χ0v) is 18.9. The lowest BCUT2D eigenvalue weighted by molar-refractivity contribution is -0.153. The number of benzene rings is 2. The molecular weight excluding hydrogens is 426 g/mol. The van der Waals surface area contributed by atoms with Gasteiger partial charge in [-0.25, -0.2) is 0 Å². The molecule has 0 bridgehead atoms. The van der Waals surface area contributed by atoms with E-state index in [0.717, 1.165) is 41.8 Å². The summed E-state index contributed by atoms with van der Waals surface area (Å²) < 4.78 is 6.03. The molecule has 2 atom stereocenters. The van der Waals surface area contributed by atoms with E-state index >= 15 is 0 Å². The SMILES string of the molecule is CCc1oc2ccccc2c1CN1CCN2C(=O)C(Cc3ccccc3)NC(=O)C2C1.Cl. The Morgan fingerprint density at radius 1 is 1.03 bits per heavy atom. The first-order valence-electron chi connectivity index (χ1n) is 11.0. The molecule has 3 aromatic rings. The van der Waals surface area contributed by atoms with Gasteiger partial charge in [-0.2, -0.15) is 0 Å². The molecule has 0 aliphatic carbocycles. The van der Waals surface area contributed by atoms with Crippen molar-refractivity contribution in [3.63, 3.8) is 0 Å². The number of furan rings is 1. The highest BCUT2D eigenvalue weighted by Gasteiger charge is 2.43. The lowest BCUT2D eigenvalue weighted by atomic mass is 9.98. The highest BCUT2D eigenvalue weighted by atomic mass is 35.5. The number of nitrogens with zero attached hydrogens (tertiary/aromatic N) is 2. The van der Waals surface area contributed by atoms with Crippen LogP contribution in [0, 0.1) is 0 Å². The molecule has 1 N–H and O–H groups in total. The maximum absolute atomic E-state index is 13.1. The molecule has 3 heterocycles. The van der Waals surface area contributed by atoms with E-state index in [9.17, 15) is 9.59 Å². The number of aryl methyl sites for hydroxylation is 1. The molecule has 0 saturated carbocycles. The van der Waals surface area contributed by atoms with Crippen molar-refractivity contribution in [3.05, 3.63) is 71.5 Å². The van der Waals surface area contributed by atoms with E-state index in [1.54, 1.807) is 4.90 Å². The zero-order valence-electron chi connectivity index (χ0n) is 18.1. The molecule has 2 aliphatic rings. The number of carbonyl (C=O) groups excluding carboxylic acids is 2. The van der Waals surface area contributed by atoms with Crippen LogP contribution in [0.15, 0.2) is 59.0 Å². The van der Waals surface area contributed by atoms with Crippen LogP contribution in [0.25, 0.3) is 11.0 Å². The smallest absolute Gasteiger partial charge is 0.246 e. The highest BCUT2D eigenvalue weighted by molar-refractivity contribution is 5.97. The average Bonchev–Trinajstić information content (AvgIpc) is 3.15. The van der Waals surface area contributed by atoms with Gasteiger partial charge in [0, 0.05) is 50.0 Å². The fourth-order valence-electron chi connectivity index (χ4n) is 4.82. The lowest BCUT2D eigenvalue weighted by Crippen LogP contribution is -2.69. The monoisotopic (exact) mass is 453 g/mol. The van der Waals surface area contributed by atoms with Crippen molar-refractivity contribution >= 4 is 35.2 Å². The fraction of sp³-hybridized carbons (Fsp3) is 0.360. The van der Waals surface area contributed by atoms with Crippen molar-refractivity contribution < 1.29 is 14.0 Å². The minimum atomic E-state index is -0.484. The number of carbonyl (C=O) groups is 2. The largest absolute Gasteiger partial charge is 0.461 e. The second-order valence-corrected chi connectivity index (χ2v) is 8.39. The Bertz CT molecular complexity index is 1110. The summed E-state index contributed by atoms with van der Waals surface area (Å²) >= 11 is 0. The molecule has 7 heteroatoms. The van der Waals surface area contributed by atoms with Crippen molar-refractivity contribution in [2.45, 2.75) is 38.4 Å². The van der Waals surface area contributed by atoms with E-state index in [1.165, 1.54) is 5.56 Å². The van der Waals surface area contributed by atoms with Gasteiger partial charge < -0.3 is 14.6 Å². The first kappa shape index (κ1) is 22.4. The maximum atomic E-state index is 13.1. The third kappa shape index (κ3) is 4.12. The van der Waals surface area contributed by atoms with Gasteiger partial charge in [0.05, 0.1) is 0 Å². The van der Waals surface area contributed by atoms with Gasteiger partial charge in [0.25, 0.3) is 0 Å². The van der Waals surface area contributed by atoms with Crippen molar-refractivity contribution in [1.82, 2.24) is 15.1 Å². The summed E-state index contributed by atoms with van der Waals surface area (Å²) in [5, 5.41) is 4.10. The summed E-state index contributed by atoms with van der Waals surface area (Å²) in [7, 11) is 0. The van der Waals surface area contributed by atoms with Crippen molar-refractivity contribution in [1.29, 1.82) is 0 Å². The zero-order chi connectivity index (χ0) is 21.4. The molecule has 168 valence electrons. The Hall–Kier alpha value is -2.83. The number of hydrogen-bond acceptors (Lipinski definition) is 4. The van der Waals surface area contributed by atoms with Gasteiger partial charge in [-0.1, -0.05) is 55.5 Å². The topological polar surface area (TPSA) is 65.8 Å². The van der Waals surface area contributed by atoms with Gasteiger partial charge in [-0.05, 0) is 11.6 Å². The van der Waals surface area contributed by atoms with Crippen LogP contribution in [0.5, 0.6) is 0 Å². The number of para-hydroxylation sites is 1. The molecular formula is C25H28ClN3O3. The molecule has 32 heavy (non-hydrogen) atoms. The predicted molar refractivity (Wildman–Crippen MR) is 126 cm³/mol. The molecule has 2 saturated heterocycles. The Kier molecular flexibility index (Phi) is 6.53. The van der Waals surface area contributed by atoms with Gasteiger partial charge in [0.1, 0.15) is 23.4 Å². The third-order valence-electron chi connectivity index (χ3n) is 6.43. The van der Waals surface area contributed by atoms with E-state index in [4.69, 9.17) is 4.42 Å². The van der Waals surface area contributed by atoms with Crippen LogP contribution in [0.4, 0.5) is 0 Å². The summed E-state index contributed by atoms with van der Waals surface area (Å²) in [6, 6.07) is 17.0. The van der Waals surface area contributed by atoms with E-state index < -0.39 is 12.1 Å². The summed E-state index contributed by atoms with van der Waals surface area (Å²) in [5.74, 6) is 0.963. The lowest BCUT2D eigenvalue weighted by Gasteiger charge is -2.45. The van der Waals surface area contributed by atoms with Gasteiger partial charge in [0.15, 0.2) is 0 Å². The first-order chi connectivity index (χ1) is 15.1. The Morgan fingerprint density at radius 3 is 2.56 bits per heavy atom. The van der Waals surface area contributed by atoms with Crippen LogP contribution >= 0.6 is 12.4 Å². The predicted octanol–water partition coefficient (Wildman–Crippen LogP) is 3.17. The summed E-state index contributed by atoms with van der Waals surface area (Å²) in [4.78, 5) is 30.0.